The van der Waals surface area contributed by atoms with Crippen LogP contribution in [0.25, 0.3) is 0 Å². The van der Waals surface area contributed by atoms with Crippen LogP contribution in [-0.2, 0) is 22.4 Å². The van der Waals surface area contributed by atoms with Crippen LogP contribution in [0.2, 0.25) is 0 Å². The van der Waals surface area contributed by atoms with E-state index < -0.39 is 11.6 Å². The summed E-state index contributed by atoms with van der Waals surface area (Å²) in [6, 6.07) is 31.2. The zero-order chi connectivity index (χ0) is 31.6. The molecule has 0 radical (unpaired) electrons. The number of aryl methyl sites for hydroxylation is 1. The minimum Gasteiger partial charge on any atom is -0.497 e. The maximum absolute atomic E-state index is 14.4. The largest absolute Gasteiger partial charge is 0.497 e. The Hall–Kier alpha value is -4.18. The Morgan fingerprint density at radius 1 is 0.978 bits per heavy atom. The highest BCUT2D eigenvalue weighted by molar-refractivity contribution is 9.10. The molecular weight excluding hydrogens is 634 g/mol. The summed E-state index contributed by atoms with van der Waals surface area (Å²) in [6.07, 6.45) is 0.842. The van der Waals surface area contributed by atoms with Crippen molar-refractivity contribution in [3.8, 4) is 11.5 Å². The second-order valence-electron chi connectivity index (χ2n) is 11.0. The highest BCUT2D eigenvalue weighted by atomic mass is 79.9. The molecular formula is C36H38BrN3O5. The molecule has 0 saturated carbocycles. The Bertz CT molecular complexity index is 1590. The van der Waals surface area contributed by atoms with Gasteiger partial charge in [0.2, 0.25) is 5.90 Å². The number of carbonyl (C=O) groups is 1. The Kier molecular flexibility index (Phi) is 10.9. The van der Waals surface area contributed by atoms with Crippen LogP contribution in [0, 0.1) is 6.92 Å². The fourth-order valence-corrected chi connectivity index (χ4v) is 5.48. The monoisotopic (exact) mass is 671 g/mol. The average Bonchev–Trinajstić information content (AvgIpc) is 3.46. The van der Waals surface area contributed by atoms with Gasteiger partial charge in [0.1, 0.15) is 11.5 Å². The molecule has 1 heterocycles. The van der Waals surface area contributed by atoms with Crippen LogP contribution in [0.3, 0.4) is 0 Å². The van der Waals surface area contributed by atoms with Crippen LogP contribution < -0.4 is 20.3 Å². The van der Waals surface area contributed by atoms with Gasteiger partial charge in [0.15, 0.2) is 11.6 Å². The van der Waals surface area contributed by atoms with Gasteiger partial charge in [-0.3, -0.25) is 10.2 Å². The number of amides is 1. The first-order valence-electron chi connectivity index (χ1n) is 15.0. The number of carbonyl (C=O) groups excluding carboxylic acids is 1. The summed E-state index contributed by atoms with van der Waals surface area (Å²) >= 11 is 3.52. The van der Waals surface area contributed by atoms with Gasteiger partial charge in [-0.15, -0.1) is 0 Å². The maximum atomic E-state index is 14.4. The summed E-state index contributed by atoms with van der Waals surface area (Å²) in [4.78, 5) is 19.5. The SMILES string of the molecule is COc1cccc([C@@H]2OC(c3ccc(OCCCO)cc3)=N[C@]2(Cc2ccc(Br)cc2)C(=O)NNCCc2ccc(C)cc2)c1. The second kappa shape index (κ2) is 15.2. The molecule has 0 fully saturated rings. The fourth-order valence-electron chi connectivity index (χ4n) is 5.21. The number of nitrogens with zero attached hydrogens (tertiary/aromatic N) is 1. The van der Waals surface area contributed by atoms with E-state index in [9.17, 15) is 4.79 Å². The molecule has 0 unspecified atom stereocenters. The number of hydrogen-bond donors (Lipinski definition) is 3. The molecule has 5 rings (SSSR count). The Morgan fingerprint density at radius 3 is 2.42 bits per heavy atom. The number of benzene rings is 4. The topological polar surface area (TPSA) is 101 Å². The number of halogens is 1. The molecule has 0 bridgehead atoms. The molecule has 1 amide bonds. The normalized spacial score (nSPS) is 17.3. The summed E-state index contributed by atoms with van der Waals surface area (Å²) in [5.41, 5.74) is 9.55. The van der Waals surface area contributed by atoms with Gasteiger partial charge in [0.05, 0.1) is 13.7 Å². The van der Waals surface area contributed by atoms with Crippen molar-refractivity contribution in [1.82, 2.24) is 10.9 Å². The predicted molar refractivity (Wildman–Crippen MR) is 179 cm³/mol. The van der Waals surface area contributed by atoms with Crippen molar-refractivity contribution in [2.75, 3.05) is 26.9 Å². The highest BCUT2D eigenvalue weighted by Gasteiger charge is 2.53. The van der Waals surface area contributed by atoms with Gasteiger partial charge < -0.3 is 19.3 Å². The highest BCUT2D eigenvalue weighted by Crippen LogP contribution is 2.43. The third-order valence-electron chi connectivity index (χ3n) is 7.67. The Labute approximate surface area is 272 Å². The van der Waals surface area contributed by atoms with E-state index in [1.54, 1.807) is 7.11 Å². The lowest BCUT2D eigenvalue weighted by atomic mass is 9.82. The number of rotatable bonds is 14. The van der Waals surface area contributed by atoms with Crippen molar-refractivity contribution in [1.29, 1.82) is 0 Å². The zero-order valence-electron chi connectivity index (χ0n) is 25.5. The molecule has 0 saturated heterocycles. The molecule has 4 aromatic rings. The number of aliphatic hydroxyl groups is 1. The van der Waals surface area contributed by atoms with E-state index in [1.807, 2.05) is 72.8 Å². The van der Waals surface area contributed by atoms with Crippen molar-refractivity contribution in [3.63, 3.8) is 0 Å². The van der Waals surface area contributed by atoms with E-state index in [0.29, 0.717) is 43.4 Å². The zero-order valence-corrected chi connectivity index (χ0v) is 27.0. The van der Waals surface area contributed by atoms with E-state index in [-0.39, 0.29) is 12.5 Å². The van der Waals surface area contributed by atoms with Crippen molar-refractivity contribution in [2.45, 2.75) is 37.8 Å². The number of hydrazine groups is 1. The molecule has 234 valence electrons. The smallest absolute Gasteiger partial charge is 0.266 e. The van der Waals surface area contributed by atoms with Gasteiger partial charge in [-0.05, 0) is 78.6 Å². The molecule has 9 heteroatoms. The fraction of sp³-hybridized carbons (Fsp3) is 0.278. The van der Waals surface area contributed by atoms with Gasteiger partial charge in [-0.2, -0.15) is 0 Å². The van der Waals surface area contributed by atoms with E-state index in [4.69, 9.17) is 24.3 Å². The number of ether oxygens (including phenoxy) is 3. The van der Waals surface area contributed by atoms with Gasteiger partial charge in [-0.25, -0.2) is 10.4 Å². The minimum absolute atomic E-state index is 0.0672. The van der Waals surface area contributed by atoms with Crippen LogP contribution in [0.5, 0.6) is 11.5 Å². The van der Waals surface area contributed by atoms with Crippen LogP contribution >= 0.6 is 15.9 Å². The molecule has 4 aromatic carbocycles. The number of aliphatic hydroxyl groups excluding tert-OH is 1. The second-order valence-corrected chi connectivity index (χ2v) is 11.9. The van der Waals surface area contributed by atoms with Gasteiger partial charge in [0.25, 0.3) is 5.91 Å². The first kappa shape index (κ1) is 32.2. The van der Waals surface area contributed by atoms with E-state index in [0.717, 1.165) is 27.6 Å². The van der Waals surface area contributed by atoms with Crippen LogP contribution in [0.4, 0.5) is 0 Å². The predicted octanol–water partition coefficient (Wildman–Crippen LogP) is 5.89. The standard InChI is InChI=1S/C36H38BrN3O5/c1-25-7-9-26(10-8-25)19-20-38-40-35(42)36(24-27-11-15-30(37)16-12-27)33(29-5-3-6-32(23-29)43-2)45-34(39-36)28-13-17-31(18-14-28)44-22-4-21-41/h3,5-18,23,33,38,41H,4,19-22,24H2,1-2H3,(H,40,42)/t33-,36-/m0/s1. The number of methoxy groups -OCH3 is 1. The minimum atomic E-state index is -1.34. The lowest BCUT2D eigenvalue weighted by molar-refractivity contribution is -0.130. The first-order valence-corrected chi connectivity index (χ1v) is 15.8. The number of aliphatic imine (C=N–C) groups is 1. The summed E-state index contributed by atoms with van der Waals surface area (Å²) < 4.78 is 18.8. The van der Waals surface area contributed by atoms with E-state index in [1.165, 1.54) is 11.1 Å². The summed E-state index contributed by atoms with van der Waals surface area (Å²) in [7, 11) is 1.61. The summed E-state index contributed by atoms with van der Waals surface area (Å²) in [5.74, 6) is 1.38. The van der Waals surface area contributed by atoms with Crippen LogP contribution in [0.15, 0.2) is 107 Å². The lowest BCUT2D eigenvalue weighted by Crippen LogP contribution is -2.54. The van der Waals surface area contributed by atoms with Crippen molar-refractivity contribution >= 4 is 27.7 Å². The van der Waals surface area contributed by atoms with E-state index in [2.05, 4.69) is 58.0 Å². The number of nitrogens with one attached hydrogen (secondary N) is 2. The molecule has 1 aliphatic heterocycles. The molecule has 1 aliphatic rings. The van der Waals surface area contributed by atoms with Crippen LogP contribution in [0.1, 0.15) is 40.3 Å². The summed E-state index contributed by atoms with van der Waals surface area (Å²) in [5, 5.41) is 9.07. The molecule has 2 atom stereocenters. The first-order chi connectivity index (χ1) is 21.9. The molecule has 45 heavy (non-hydrogen) atoms. The average molecular weight is 673 g/mol. The Balaban J connectivity index is 1.48. The third-order valence-corrected chi connectivity index (χ3v) is 8.20. The van der Waals surface area contributed by atoms with Crippen molar-refractivity contribution in [2.24, 2.45) is 4.99 Å². The molecule has 3 N–H and O–H groups in total. The van der Waals surface area contributed by atoms with Gasteiger partial charge >= 0.3 is 0 Å². The van der Waals surface area contributed by atoms with Gasteiger partial charge in [-0.1, -0.05) is 70.0 Å². The quantitative estimate of drug-likeness (QED) is 0.114. The van der Waals surface area contributed by atoms with Crippen molar-refractivity contribution < 1.29 is 24.1 Å². The van der Waals surface area contributed by atoms with Crippen molar-refractivity contribution in [3.05, 3.63) is 129 Å². The molecule has 0 aliphatic carbocycles. The number of hydrogen-bond acceptors (Lipinski definition) is 7. The lowest BCUT2D eigenvalue weighted by Gasteiger charge is -2.31. The Morgan fingerprint density at radius 2 is 1.71 bits per heavy atom. The van der Waals surface area contributed by atoms with E-state index >= 15 is 0 Å². The third kappa shape index (κ3) is 8.11. The summed E-state index contributed by atoms with van der Waals surface area (Å²) in [6.45, 7) is 3.09. The molecule has 0 spiro atoms. The molecule has 8 nitrogen and oxygen atoms in total. The maximum Gasteiger partial charge on any atom is 0.266 e. The molecule has 0 aromatic heterocycles. The van der Waals surface area contributed by atoms with Gasteiger partial charge in [0, 0.05) is 36.0 Å². The van der Waals surface area contributed by atoms with Crippen LogP contribution in [-0.4, -0.2) is 49.3 Å².